The van der Waals surface area contributed by atoms with Crippen LogP contribution >= 0.6 is 0 Å². The van der Waals surface area contributed by atoms with Gasteiger partial charge in [0.2, 0.25) is 0 Å². The largest absolute Gasteiger partial charge is 0.480 e. The fraction of sp³-hybridized carbons (Fsp3) is 0.467. The molecule has 0 aliphatic heterocycles. The van der Waals surface area contributed by atoms with E-state index in [1.54, 1.807) is 5.32 Å². The molecule has 0 spiro atoms. The van der Waals surface area contributed by atoms with Gasteiger partial charge in [-0.05, 0) is 24.6 Å². The molecule has 0 aromatic heterocycles. The van der Waals surface area contributed by atoms with E-state index in [9.17, 15) is 44.3 Å². The smallest absolute Gasteiger partial charge is 0.416 e. The summed E-state index contributed by atoms with van der Waals surface area (Å²) in [5.74, 6) is -4.16. The first kappa shape index (κ1) is 23.7. The number of nitrogens with one attached hydrogen (secondary N) is 1. The topological polar surface area (TPSA) is 101 Å². The van der Waals surface area contributed by atoms with Gasteiger partial charge in [-0.2, -0.15) is 26.3 Å². The first-order chi connectivity index (χ1) is 12.6. The van der Waals surface area contributed by atoms with Crippen molar-refractivity contribution in [2.75, 3.05) is 11.5 Å². The van der Waals surface area contributed by atoms with Crippen molar-refractivity contribution >= 4 is 21.7 Å². The van der Waals surface area contributed by atoms with Gasteiger partial charge in [-0.3, -0.25) is 4.79 Å². The number of carbonyl (C=O) groups excluding carboxylic acids is 1. The van der Waals surface area contributed by atoms with Crippen LogP contribution in [0.2, 0.25) is 0 Å². The Morgan fingerprint density at radius 3 is 1.86 bits per heavy atom. The molecule has 1 unspecified atom stereocenters. The summed E-state index contributed by atoms with van der Waals surface area (Å²) in [5, 5.41) is 10.8. The SMILES string of the molecule is CCS(=O)(=O)CCC(NC(=O)c1cc(C(F)(F)F)cc(C(F)(F)F)c1)C(=O)O. The molecule has 0 aliphatic carbocycles. The first-order valence-electron chi connectivity index (χ1n) is 7.60. The molecule has 1 amide bonds. The van der Waals surface area contributed by atoms with E-state index >= 15 is 0 Å². The van der Waals surface area contributed by atoms with Crippen LogP contribution in [0.4, 0.5) is 26.3 Å². The molecule has 0 saturated carbocycles. The van der Waals surface area contributed by atoms with Crippen molar-refractivity contribution in [3.63, 3.8) is 0 Å². The van der Waals surface area contributed by atoms with Gasteiger partial charge in [-0.25, -0.2) is 13.2 Å². The van der Waals surface area contributed by atoms with Gasteiger partial charge in [0, 0.05) is 11.3 Å². The van der Waals surface area contributed by atoms with Crippen LogP contribution in [-0.4, -0.2) is 42.9 Å². The second-order valence-electron chi connectivity index (χ2n) is 5.68. The maximum atomic E-state index is 12.8. The molecule has 1 aromatic rings. The molecule has 0 heterocycles. The quantitative estimate of drug-likeness (QED) is 0.642. The van der Waals surface area contributed by atoms with Crippen LogP contribution in [0.3, 0.4) is 0 Å². The zero-order valence-electron chi connectivity index (χ0n) is 14.2. The highest BCUT2D eigenvalue weighted by atomic mass is 32.2. The van der Waals surface area contributed by atoms with E-state index < -0.39 is 69.0 Å². The molecule has 1 aromatic carbocycles. The zero-order valence-corrected chi connectivity index (χ0v) is 15.0. The number of aliphatic carboxylic acids is 1. The van der Waals surface area contributed by atoms with E-state index in [2.05, 4.69) is 0 Å². The summed E-state index contributed by atoms with van der Waals surface area (Å²) in [4.78, 5) is 23.2. The summed E-state index contributed by atoms with van der Waals surface area (Å²) in [6, 6.07) is -1.71. The van der Waals surface area contributed by atoms with E-state index in [1.165, 1.54) is 6.92 Å². The lowest BCUT2D eigenvalue weighted by molar-refractivity contribution is -0.143. The number of rotatable bonds is 7. The van der Waals surface area contributed by atoms with Crippen molar-refractivity contribution in [1.82, 2.24) is 5.32 Å². The van der Waals surface area contributed by atoms with Crippen LogP contribution in [0.5, 0.6) is 0 Å². The van der Waals surface area contributed by atoms with Gasteiger partial charge in [0.25, 0.3) is 5.91 Å². The maximum absolute atomic E-state index is 12.8. The molecule has 13 heteroatoms. The summed E-state index contributed by atoms with van der Waals surface area (Å²) in [6.07, 6.45) is -11.0. The lowest BCUT2D eigenvalue weighted by Crippen LogP contribution is -2.42. The number of carboxylic acid groups (broad SMARTS) is 1. The minimum Gasteiger partial charge on any atom is -0.480 e. The van der Waals surface area contributed by atoms with Crippen molar-refractivity contribution in [2.45, 2.75) is 31.7 Å². The number of alkyl halides is 6. The van der Waals surface area contributed by atoms with Crippen LogP contribution in [0.15, 0.2) is 18.2 Å². The van der Waals surface area contributed by atoms with Crippen LogP contribution in [-0.2, 0) is 27.0 Å². The molecule has 1 rings (SSSR count). The van der Waals surface area contributed by atoms with Gasteiger partial charge in [0.05, 0.1) is 16.9 Å². The molecule has 158 valence electrons. The molecular formula is C15H15F6NO5S. The van der Waals surface area contributed by atoms with Crippen LogP contribution in [0.1, 0.15) is 34.8 Å². The molecule has 0 radical (unpaired) electrons. The van der Waals surface area contributed by atoms with Gasteiger partial charge in [0.15, 0.2) is 0 Å². The fourth-order valence-electron chi connectivity index (χ4n) is 2.03. The standard InChI is InChI=1S/C15H15F6NO5S/c1-2-28(26,27)4-3-11(13(24)25)22-12(23)8-5-9(14(16,17)18)7-10(6-8)15(19,20)21/h5-7,11H,2-4H2,1H3,(H,22,23)(H,24,25). The number of halogens is 6. The molecule has 28 heavy (non-hydrogen) atoms. The number of hydrogen-bond donors (Lipinski definition) is 2. The van der Waals surface area contributed by atoms with E-state index in [0.29, 0.717) is 0 Å². The summed E-state index contributed by atoms with van der Waals surface area (Å²) in [6.45, 7) is 1.30. The lowest BCUT2D eigenvalue weighted by atomic mass is 10.0. The third kappa shape index (κ3) is 6.69. The summed E-state index contributed by atoms with van der Waals surface area (Å²) in [5.41, 5.74) is -4.55. The Balaban J connectivity index is 3.20. The Hall–Kier alpha value is -2.31. The molecule has 0 fully saturated rings. The normalized spacial score (nSPS) is 13.8. The van der Waals surface area contributed by atoms with Crippen LogP contribution < -0.4 is 5.32 Å². The fourth-order valence-corrected chi connectivity index (χ4v) is 2.91. The predicted octanol–water partition coefficient (Wildman–Crippen LogP) is 2.73. The molecular weight excluding hydrogens is 420 g/mol. The summed E-state index contributed by atoms with van der Waals surface area (Å²) < 4.78 is 99.8. The Morgan fingerprint density at radius 2 is 1.50 bits per heavy atom. The summed E-state index contributed by atoms with van der Waals surface area (Å²) in [7, 11) is -3.61. The van der Waals surface area contributed by atoms with Crippen molar-refractivity contribution in [3.05, 3.63) is 34.9 Å². The first-order valence-corrected chi connectivity index (χ1v) is 9.42. The maximum Gasteiger partial charge on any atom is 0.416 e. The monoisotopic (exact) mass is 435 g/mol. The number of hydrogen-bond acceptors (Lipinski definition) is 4. The van der Waals surface area contributed by atoms with Gasteiger partial charge in [-0.1, -0.05) is 6.92 Å². The third-order valence-corrected chi connectivity index (χ3v) is 5.35. The van der Waals surface area contributed by atoms with Gasteiger partial charge in [0.1, 0.15) is 15.9 Å². The minimum atomic E-state index is -5.18. The second kappa shape index (κ2) is 8.37. The van der Waals surface area contributed by atoms with E-state index in [4.69, 9.17) is 5.11 Å². The minimum absolute atomic E-state index is 0.145. The predicted molar refractivity (Wildman–Crippen MR) is 84.3 cm³/mol. The summed E-state index contributed by atoms with van der Waals surface area (Å²) >= 11 is 0. The zero-order chi connectivity index (χ0) is 21.9. The van der Waals surface area contributed by atoms with Crippen molar-refractivity contribution in [1.29, 1.82) is 0 Å². The van der Waals surface area contributed by atoms with Crippen LogP contribution in [0.25, 0.3) is 0 Å². The Morgan fingerprint density at radius 1 is 1.04 bits per heavy atom. The molecule has 1 atom stereocenters. The van der Waals surface area contributed by atoms with Crippen LogP contribution in [0, 0.1) is 0 Å². The number of amides is 1. The molecule has 6 nitrogen and oxygen atoms in total. The Kier molecular flexibility index (Phi) is 7.09. The highest BCUT2D eigenvalue weighted by molar-refractivity contribution is 7.91. The molecule has 0 saturated heterocycles. The van der Waals surface area contributed by atoms with Crippen molar-refractivity contribution in [2.24, 2.45) is 0 Å². The Bertz CT molecular complexity index is 815. The number of sulfone groups is 1. The molecule has 0 aliphatic rings. The third-order valence-electron chi connectivity index (χ3n) is 3.61. The van der Waals surface area contributed by atoms with Gasteiger partial charge >= 0.3 is 18.3 Å². The van der Waals surface area contributed by atoms with Gasteiger partial charge < -0.3 is 10.4 Å². The average Bonchev–Trinajstić information content (AvgIpc) is 2.56. The van der Waals surface area contributed by atoms with Crippen molar-refractivity contribution < 1.29 is 49.5 Å². The average molecular weight is 435 g/mol. The van der Waals surface area contributed by atoms with E-state index in [-0.39, 0.29) is 24.0 Å². The second-order valence-corrected chi connectivity index (χ2v) is 8.16. The number of carbonyl (C=O) groups is 2. The number of carboxylic acids is 1. The molecule has 2 N–H and O–H groups in total. The Labute approximate surface area is 155 Å². The lowest BCUT2D eigenvalue weighted by Gasteiger charge is -2.17. The van der Waals surface area contributed by atoms with Gasteiger partial charge in [-0.15, -0.1) is 0 Å². The van der Waals surface area contributed by atoms with Crippen molar-refractivity contribution in [3.8, 4) is 0 Å². The van der Waals surface area contributed by atoms with E-state index in [1.807, 2.05) is 0 Å². The number of benzene rings is 1. The highest BCUT2D eigenvalue weighted by Gasteiger charge is 2.37. The van der Waals surface area contributed by atoms with E-state index in [0.717, 1.165) is 0 Å². The highest BCUT2D eigenvalue weighted by Crippen LogP contribution is 2.36. The molecule has 0 bridgehead atoms.